The van der Waals surface area contributed by atoms with E-state index in [2.05, 4.69) is 21.8 Å². The van der Waals surface area contributed by atoms with Crippen LogP contribution in [0, 0.1) is 5.92 Å². The van der Waals surface area contributed by atoms with Crippen LogP contribution in [-0.2, 0) is 4.74 Å². The molecule has 0 radical (unpaired) electrons. The average molecular weight is 226 g/mol. The van der Waals surface area contributed by atoms with E-state index in [-0.39, 0.29) is 0 Å². The highest BCUT2D eigenvalue weighted by atomic mass is 16.5. The fourth-order valence-corrected chi connectivity index (χ4v) is 2.29. The number of nitrogens with two attached hydrogens (primary N) is 1. The van der Waals surface area contributed by atoms with Crippen molar-refractivity contribution in [2.24, 2.45) is 16.6 Å². The fourth-order valence-electron chi connectivity index (χ4n) is 2.29. The van der Waals surface area contributed by atoms with Gasteiger partial charge in [-0.2, -0.15) is 0 Å². The quantitative estimate of drug-likeness (QED) is 0.513. The number of hydrogen-bond donors (Lipinski definition) is 1. The zero-order valence-corrected chi connectivity index (χ0v) is 10.1. The van der Waals surface area contributed by atoms with Crippen LogP contribution in [0.5, 0.6) is 0 Å². The molecular weight excluding hydrogens is 204 g/mol. The maximum atomic E-state index is 5.97. The topological polar surface area (TPSA) is 54.1 Å². The van der Waals surface area contributed by atoms with Crippen molar-refractivity contribution < 1.29 is 4.74 Å². The third-order valence-corrected chi connectivity index (χ3v) is 3.34. The van der Waals surface area contributed by atoms with Gasteiger partial charge >= 0.3 is 0 Å². The molecule has 2 heterocycles. The van der Waals surface area contributed by atoms with Crippen molar-refractivity contribution in [2.45, 2.75) is 6.42 Å². The van der Waals surface area contributed by atoms with Crippen molar-refractivity contribution in [3.63, 3.8) is 0 Å². The molecule has 1 atom stereocenters. The predicted molar refractivity (Wildman–Crippen MR) is 64.5 cm³/mol. The number of hydrogen-bond acceptors (Lipinski definition) is 3. The highest BCUT2D eigenvalue weighted by molar-refractivity contribution is 5.78. The van der Waals surface area contributed by atoms with Gasteiger partial charge in [-0.05, 0) is 25.9 Å². The lowest BCUT2D eigenvalue weighted by atomic mass is 10.1. The molecule has 0 spiro atoms. The van der Waals surface area contributed by atoms with Crippen molar-refractivity contribution in [3.05, 3.63) is 0 Å². The van der Waals surface area contributed by atoms with Crippen LogP contribution >= 0.6 is 0 Å². The summed E-state index contributed by atoms with van der Waals surface area (Å²) in [4.78, 5) is 8.97. The fraction of sp³-hybridized carbons (Fsp3) is 0.909. The molecule has 2 aliphatic rings. The normalized spacial score (nSPS) is 28.7. The molecule has 0 saturated carbocycles. The van der Waals surface area contributed by atoms with Gasteiger partial charge in [0.15, 0.2) is 5.96 Å². The van der Waals surface area contributed by atoms with Crippen LogP contribution in [0.25, 0.3) is 0 Å². The lowest BCUT2D eigenvalue weighted by molar-refractivity contribution is 0.0674. The Kier molecular flexibility index (Phi) is 4.01. The van der Waals surface area contributed by atoms with Crippen LogP contribution in [-0.4, -0.2) is 68.7 Å². The summed E-state index contributed by atoms with van der Waals surface area (Å²) in [5.74, 6) is 1.38. The molecular formula is C11H22N4O. The number of morpholine rings is 1. The number of guanidine groups is 1. The van der Waals surface area contributed by atoms with Gasteiger partial charge in [-0.15, -0.1) is 0 Å². The Balaban J connectivity index is 1.77. The summed E-state index contributed by atoms with van der Waals surface area (Å²) in [6.07, 6.45) is 1.25. The summed E-state index contributed by atoms with van der Waals surface area (Å²) in [5, 5.41) is 0. The molecule has 92 valence electrons. The Morgan fingerprint density at radius 3 is 2.75 bits per heavy atom. The predicted octanol–water partition coefficient (Wildman–Crippen LogP) is -0.415. The second-order valence-electron chi connectivity index (χ2n) is 4.72. The lowest BCUT2D eigenvalue weighted by Crippen LogP contribution is -2.45. The van der Waals surface area contributed by atoms with Crippen molar-refractivity contribution in [1.82, 2.24) is 9.80 Å². The molecule has 0 aromatic heterocycles. The summed E-state index contributed by atoms with van der Waals surface area (Å²) in [7, 11) is 2.16. The van der Waals surface area contributed by atoms with E-state index in [1.165, 1.54) is 13.0 Å². The summed E-state index contributed by atoms with van der Waals surface area (Å²) in [6, 6.07) is 0. The first-order valence-electron chi connectivity index (χ1n) is 6.07. The van der Waals surface area contributed by atoms with Gasteiger partial charge in [-0.3, -0.25) is 4.99 Å². The standard InChI is InChI=1S/C11H22N4O/c1-14-3-2-10(9-14)8-13-11(12)15-4-6-16-7-5-15/h10H,2-9H2,1H3,(H2,12,13). The largest absolute Gasteiger partial charge is 0.378 e. The van der Waals surface area contributed by atoms with Crippen molar-refractivity contribution in [2.75, 3.05) is 53.0 Å². The number of nitrogens with zero attached hydrogens (tertiary/aromatic N) is 3. The molecule has 2 N–H and O–H groups in total. The average Bonchev–Trinajstić information content (AvgIpc) is 2.73. The van der Waals surface area contributed by atoms with Crippen LogP contribution in [0.4, 0.5) is 0 Å². The lowest BCUT2D eigenvalue weighted by Gasteiger charge is -2.27. The first-order chi connectivity index (χ1) is 7.75. The van der Waals surface area contributed by atoms with Gasteiger partial charge in [-0.1, -0.05) is 0 Å². The highest BCUT2D eigenvalue weighted by Gasteiger charge is 2.19. The zero-order chi connectivity index (χ0) is 11.4. The number of ether oxygens (including phenoxy) is 1. The summed E-state index contributed by atoms with van der Waals surface area (Å²) >= 11 is 0. The Morgan fingerprint density at radius 2 is 2.12 bits per heavy atom. The van der Waals surface area contributed by atoms with Gasteiger partial charge in [0.25, 0.3) is 0 Å². The van der Waals surface area contributed by atoms with Crippen molar-refractivity contribution >= 4 is 5.96 Å². The minimum atomic E-state index is 0.685. The Morgan fingerprint density at radius 1 is 1.38 bits per heavy atom. The third kappa shape index (κ3) is 3.09. The third-order valence-electron chi connectivity index (χ3n) is 3.34. The molecule has 1 unspecified atom stereocenters. The van der Waals surface area contributed by atoms with E-state index in [1.807, 2.05) is 0 Å². The Labute approximate surface area is 97.2 Å². The molecule has 0 bridgehead atoms. The molecule has 2 fully saturated rings. The van der Waals surface area contributed by atoms with Crippen LogP contribution < -0.4 is 5.73 Å². The van der Waals surface area contributed by atoms with E-state index in [0.29, 0.717) is 11.9 Å². The van der Waals surface area contributed by atoms with E-state index in [4.69, 9.17) is 10.5 Å². The Bertz CT molecular complexity index is 250. The summed E-state index contributed by atoms with van der Waals surface area (Å²) in [5.41, 5.74) is 5.97. The molecule has 0 aliphatic carbocycles. The van der Waals surface area contributed by atoms with Crippen LogP contribution in [0.3, 0.4) is 0 Å². The molecule has 5 nitrogen and oxygen atoms in total. The number of aliphatic imine (C=N–C) groups is 1. The van der Waals surface area contributed by atoms with Gasteiger partial charge in [0.1, 0.15) is 0 Å². The minimum Gasteiger partial charge on any atom is -0.378 e. The van der Waals surface area contributed by atoms with E-state index in [1.54, 1.807) is 0 Å². The van der Waals surface area contributed by atoms with Gasteiger partial charge < -0.3 is 20.3 Å². The number of likely N-dealkylation sites (tertiary alicyclic amines) is 1. The number of rotatable bonds is 2. The van der Waals surface area contributed by atoms with Gasteiger partial charge in [0.2, 0.25) is 0 Å². The monoisotopic (exact) mass is 226 g/mol. The molecule has 16 heavy (non-hydrogen) atoms. The summed E-state index contributed by atoms with van der Waals surface area (Å²) < 4.78 is 5.28. The molecule has 0 amide bonds. The summed E-state index contributed by atoms with van der Waals surface area (Å²) in [6.45, 7) is 6.50. The molecule has 2 aliphatic heterocycles. The SMILES string of the molecule is CN1CCC(CN=C(N)N2CCOCC2)C1. The first-order valence-corrected chi connectivity index (χ1v) is 6.07. The second kappa shape index (κ2) is 5.50. The van der Waals surface area contributed by atoms with E-state index >= 15 is 0 Å². The maximum absolute atomic E-state index is 5.97. The van der Waals surface area contributed by atoms with E-state index in [9.17, 15) is 0 Å². The van der Waals surface area contributed by atoms with Gasteiger partial charge in [0, 0.05) is 26.2 Å². The molecule has 2 saturated heterocycles. The van der Waals surface area contributed by atoms with Gasteiger partial charge in [0.05, 0.1) is 13.2 Å². The first kappa shape index (κ1) is 11.7. The van der Waals surface area contributed by atoms with Crippen LogP contribution in [0.1, 0.15) is 6.42 Å². The van der Waals surface area contributed by atoms with Gasteiger partial charge in [-0.25, -0.2) is 0 Å². The van der Waals surface area contributed by atoms with Crippen molar-refractivity contribution in [3.8, 4) is 0 Å². The molecule has 0 aromatic rings. The van der Waals surface area contributed by atoms with Crippen LogP contribution in [0.15, 0.2) is 4.99 Å². The smallest absolute Gasteiger partial charge is 0.191 e. The molecule has 5 heteroatoms. The van der Waals surface area contributed by atoms with Crippen molar-refractivity contribution in [1.29, 1.82) is 0 Å². The molecule has 2 rings (SSSR count). The second-order valence-corrected chi connectivity index (χ2v) is 4.72. The van der Waals surface area contributed by atoms with E-state index in [0.717, 1.165) is 39.4 Å². The Hall–Kier alpha value is -0.810. The molecule has 0 aromatic carbocycles. The minimum absolute atomic E-state index is 0.685. The van der Waals surface area contributed by atoms with Crippen LogP contribution in [0.2, 0.25) is 0 Å². The highest BCUT2D eigenvalue weighted by Crippen LogP contribution is 2.14. The zero-order valence-electron chi connectivity index (χ0n) is 10.1. The van der Waals surface area contributed by atoms with E-state index < -0.39 is 0 Å². The maximum Gasteiger partial charge on any atom is 0.191 e.